The molecule has 0 spiro atoms. The summed E-state index contributed by atoms with van der Waals surface area (Å²) in [6, 6.07) is 4.04. The van der Waals surface area contributed by atoms with Gasteiger partial charge in [0.15, 0.2) is 0 Å². The molecule has 0 bridgehead atoms. The van der Waals surface area contributed by atoms with Gasteiger partial charge in [-0.25, -0.2) is 0 Å². The lowest BCUT2D eigenvalue weighted by molar-refractivity contribution is 0.0758. The minimum atomic E-state index is -3.58. The molecule has 6 saturated heterocycles. The summed E-state index contributed by atoms with van der Waals surface area (Å²) < 4.78 is 87.1. The Morgan fingerprint density at radius 1 is 0.443 bits per heavy atom. The second kappa shape index (κ2) is 18.6. The fourth-order valence-corrected chi connectivity index (χ4v) is 33.3. The highest BCUT2D eigenvalue weighted by molar-refractivity contribution is 6.86. The summed E-state index contributed by atoms with van der Waals surface area (Å²) in [5, 5.41) is 0. The molecule has 5 aliphatic carbocycles. The molecule has 11 rings (SSSR count). The third kappa shape index (κ3) is 10.8. The zero-order chi connectivity index (χ0) is 41.2. The molecule has 18 heteroatoms. The fourth-order valence-electron chi connectivity index (χ4n) is 12.7. The van der Waals surface area contributed by atoms with Gasteiger partial charge in [-0.1, -0.05) is 0 Å². The number of ether oxygens (including phenoxy) is 5. The highest BCUT2D eigenvalue weighted by Crippen LogP contribution is 2.48. The largest absolute Gasteiger partial charge is 0.493 e. The lowest BCUT2D eigenvalue weighted by Crippen LogP contribution is -2.68. The second-order valence-corrected chi connectivity index (χ2v) is 34.5. The Balaban J connectivity index is 0.868. The molecule has 0 N–H and O–H groups in total. The molecule has 11 aliphatic rings. The first-order chi connectivity index (χ1) is 29.8. The lowest BCUT2D eigenvalue weighted by Gasteiger charge is -2.46. The Morgan fingerprint density at radius 3 is 1.18 bits per heavy atom. The molecular weight excluding hydrogens is 865 g/mol. The zero-order valence-electron chi connectivity index (χ0n) is 37.1. The number of hydrogen-bond acceptors (Lipinski definition) is 13. The summed E-state index contributed by atoms with van der Waals surface area (Å²) in [6.45, 7) is 0. The Morgan fingerprint density at radius 2 is 0.803 bits per heavy atom. The van der Waals surface area contributed by atoms with Gasteiger partial charge in [0.25, 0.3) is 0 Å². The number of hydrogen-bond donors (Lipinski definition) is 0. The van der Waals surface area contributed by atoms with Crippen LogP contribution in [0.25, 0.3) is 0 Å². The highest BCUT2D eigenvalue weighted by atomic mass is 28.5. The summed E-state index contributed by atoms with van der Waals surface area (Å²) in [7, 11) is -8.39. The molecule has 11 fully saturated rings. The maximum Gasteiger partial charge on any atom is 0.493 e. The molecule has 2 radical (unpaired) electrons. The molecule has 0 aromatic carbocycles. The van der Waals surface area contributed by atoms with Crippen molar-refractivity contribution in [3.8, 4) is 0 Å². The summed E-state index contributed by atoms with van der Waals surface area (Å²) >= 11 is 0. The number of fused-ring (bicyclic) bond motifs is 5. The highest BCUT2D eigenvalue weighted by Gasteiger charge is 2.62. The first-order valence-electron chi connectivity index (χ1n) is 24.9. The summed E-state index contributed by atoms with van der Waals surface area (Å²) in [4.78, 5) is 0. The van der Waals surface area contributed by atoms with E-state index in [4.69, 9.17) is 57.5 Å². The van der Waals surface area contributed by atoms with Crippen molar-refractivity contribution in [2.45, 2.75) is 220 Å². The summed E-state index contributed by atoms with van der Waals surface area (Å²) in [5.41, 5.74) is 0. The van der Waals surface area contributed by atoms with E-state index in [1.54, 1.807) is 21.3 Å². The molecule has 6 heterocycles. The Hall–Kier alpha value is 0.564. The average molecular weight is 939 g/mol. The van der Waals surface area contributed by atoms with Crippen molar-refractivity contribution >= 4 is 45.0 Å². The molecule has 16 atom stereocenters. The van der Waals surface area contributed by atoms with Crippen LogP contribution < -0.4 is 0 Å². The molecule has 13 nitrogen and oxygen atoms in total. The van der Waals surface area contributed by atoms with Crippen molar-refractivity contribution < 1.29 is 57.5 Å². The van der Waals surface area contributed by atoms with Crippen LogP contribution in [0.2, 0.25) is 30.2 Å². The van der Waals surface area contributed by atoms with Crippen LogP contribution in [0.15, 0.2) is 0 Å². The van der Waals surface area contributed by atoms with Gasteiger partial charge in [0.1, 0.15) is 0 Å². The Bertz CT molecular complexity index is 1460. The average Bonchev–Trinajstić information content (AvgIpc) is 4.06. The van der Waals surface area contributed by atoms with Gasteiger partial charge in [-0.2, -0.15) is 0 Å². The van der Waals surface area contributed by atoms with Crippen LogP contribution >= 0.6 is 0 Å². The van der Waals surface area contributed by atoms with Crippen LogP contribution in [-0.2, 0) is 57.5 Å². The predicted octanol–water partition coefficient (Wildman–Crippen LogP) is 7.60. The molecule has 5 saturated carbocycles. The second-order valence-electron chi connectivity index (χ2n) is 21.1. The van der Waals surface area contributed by atoms with E-state index in [1.807, 2.05) is 0 Å². The van der Waals surface area contributed by atoms with Gasteiger partial charge in [0.2, 0.25) is 0 Å². The Labute approximate surface area is 371 Å². The smallest absolute Gasteiger partial charge is 0.414 e. The minimum absolute atomic E-state index is 0.405. The normalized spacial score (nSPS) is 46.0. The zero-order valence-corrected chi connectivity index (χ0v) is 42.1. The van der Waals surface area contributed by atoms with Crippen molar-refractivity contribution in [1.29, 1.82) is 0 Å². The van der Waals surface area contributed by atoms with Crippen LogP contribution in [0, 0.1) is 29.6 Å². The first kappa shape index (κ1) is 44.1. The quantitative estimate of drug-likeness (QED) is 0.0780. The SMILES string of the molecule is CO[Si](CCC1CCC2OC2C1)(OC)O[Si](CCC1CCC2OC2C1)(OC)O[Si]1(CCC2CCC3OC3C2)O[Si](CCC2CCC3OC3C2)O[Si](CCC2CCC3OC3C2)O1. The van der Waals surface area contributed by atoms with Crippen LogP contribution in [0.5, 0.6) is 0 Å². The van der Waals surface area contributed by atoms with Gasteiger partial charge < -0.3 is 57.5 Å². The maximum absolute atomic E-state index is 7.85. The van der Waals surface area contributed by atoms with Crippen LogP contribution in [-0.4, -0.2) is 127 Å². The molecule has 16 unspecified atom stereocenters. The van der Waals surface area contributed by atoms with E-state index in [-0.39, 0.29) is 0 Å². The summed E-state index contributed by atoms with van der Waals surface area (Å²) in [6.07, 6.45) is 27.2. The first-order valence-corrected chi connectivity index (χ1v) is 33.7. The van der Waals surface area contributed by atoms with E-state index < -0.39 is 45.0 Å². The minimum Gasteiger partial charge on any atom is -0.414 e. The van der Waals surface area contributed by atoms with Gasteiger partial charge in [-0.3, -0.25) is 0 Å². The van der Waals surface area contributed by atoms with Crippen molar-refractivity contribution in [2.75, 3.05) is 21.3 Å². The van der Waals surface area contributed by atoms with E-state index >= 15 is 0 Å². The predicted molar refractivity (Wildman–Crippen MR) is 232 cm³/mol. The molecule has 0 aromatic rings. The lowest BCUT2D eigenvalue weighted by atomic mass is 9.88. The molecular formula is C43H74O13Si5. The Kier molecular flexibility index (Phi) is 13.4. The monoisotopic (exact) mass is 938 g/mol. The van der Waals surface area contributed by atoms with Crippen LogP contribution in [0.4, 0.5) is 0 Å². The third-order valence-corrected chi connectivity index (χ3v) is 34.0. The maximum atomic E-state index is 7.85. The van der Waals surface area contributed by atoms with Gasteiger partial charge in [0.05, 0.1) is 61.0 Å². The third-order valence-electron chi connectivity index (χ3n) is 17.0. The molecule has 0 aromatic heterocycles. The van der Waals surface area contributed by atoms with Crippen molar-refractivity contribution in [2.24, 2.45) is 29.6 Å². The van der Waals surface area contributed by atoms with E-state index in [2.05, 4.69) is 0 Å². The standard InChI is InChI=1S/C43H74O13Si5/c1-44-59(45-2,21-16-31-6-11-36-41(26-31)49-36)55-60(46-3,22-17-32-7-12-37-42(27-32)50-37)56-61(23-18-33-8-13-38-43(28-33)51-38)53-57(19-14-29-4-9-34-39(24-29)47-34)52-58(54-61)20-15-30-5-10-35-40(25-30)48-35/h29-43H,4-28H2,1-3H3. The molecule has 6 aliphatic heterocycles. The van der Waals surface area contributed by atoms with Crippen molar-refractivity contribution in [3.05, 3.63) is 0 Å². The summed E-state index contributed by atoms with van der Waals surface area (Å²) in [5.74, 6) is 2.98. The molecule has 344 valence electrons. The van der Waals surface area contributed by atoms with E-state index in [0.29, 0.717) is 96.7 Å². The van der Waals surface area contributed by atoms with Gasteiger partial charge >= 0.3 is 45.0 Å². The van der Waals surface area contributed by atoms with Crippen LogP contribution in [0.1, 0.15) is 128 Å². The molecule has 61 heavy (non-hydrogen) atoms. The van der Waals surface area contributed by atoms with Gasteiger partial charge in [0, 0.05) is 39.5 Å². The van der Waals surface area contributed by atoms with Gasteiger partial charge in [-0.05, 0) is 170 Å². The van der Waals surface area contributed by atoms with E-state index in [0.717, 1.165) is 101 Å². The van der Waals surface area contributed by atoms with Crippen molar-refractivity contribution in [3.63, 3.8) is 0 Å². The van der Waals surface area contributed by atoms with Crippen LogP contribution in [0.3, 0.4) is 0 Å². The topological polar surface area (TPSA) is 136 Å². The molecule has 0 amide bonds. The van der Waals surface area contributed by atoms with Crippen molar-refractivity contribution in [1.82, 2.24) is 0 Å². The number of rotatable bonds is 22. The fraction of sp³-hybridized carbons (Fsp3) is 1.00. The van der Waals surface area contributed by atoms with E-state index in [9.17, 15) is 0 Å². The number of epoxide rings is 5. The van der Waals surface area contributed by atoms with E-state index in [1.165, 1.54) is 51.4 Å². The van der Waals surface area contributed by atoms with Gasteiger partial charge in [-0.15, -0.1) is 0 Å².